The van der Waals surface area contributed by atoms with Crippen LogP contribution in [0, 0.1) is 0 Å². The normalized spacial score (nSPS) is 18.7. The van der Waals surface area contributed by atoms with E-state index in [0.717, 1.165) is 48.5 Å². The first kappa shape index (κ1) is 35.9. The third kappa shape index (κ3) is 5.95. The van der Waals surface area contributed by atoms with E-state index >= 15 is 0 Å². The van der Waals surface area contributed by atoms with Crippen LogP contribution in [0.1, 0.15) is 44.8 Å². The minimum Gasteiger partial charge on any atom is -0.508 e. The second kappa shape index (κ2) is 12.9. The summed E-state index contributed by atoms with van der Waals surface area (Å²) in [7, 11) is 0. The molecule has 5 aromatic carbocycles. The zero-order chi connectivity index (χ0) is 39.8. The van der Waals surface area contributed by atoms with Gasteiger partial charge in [0.2, 0.25) is 11.5 Å². The number of hydrogen-bond acceptors (Lipinski definition) is 18. The highest BCUT2D eigenvalue weighted by Gasteiger charge is 2.42. The topological polar surface area (TPSA) is 328 Å². The number of carbonyl (C=O) groups excluding carboxylic acids is 1. The molecule has 55 heavy (non-hydrogen) atoms. The number of ether oxygens (including phenoxy) is 3. The van der Waals surface area contributed by atoms with Crippen LogP contribution in [-0.2, 0) is 17.6 Å². The number of esters is 1. The average Bonchev–Trinajstić information content (AvgIpc) is 3.12. The van der Waals surface area contributed by atoms with E-state index in [1.165, 1.54) is 0 Å². The van der Waals surface area contributed by atoms with Crippen molar-refractivity contribution in [2.24, 2.45) is 0 Å². The molecule has 0 spiro atoms. The van der Waals surface area contributed by atoms with Crippen LogP contribution < -0.4 is 9.47 Å². The lowest BCUT2D eigenvalue weighted by Gasteiger charge is -2.36. The van der Waals surface area contributed by atoms with E-state index in [1.54, 1.807) is 0 Å². The van der Waals surface area contributed by atoms with Gasteiger partial charge in [0, 0.05) is 70.5 Å². The monoisotopic (exact) mass is 762 g/mol. The largest absolute Gasteiger partial charge is 0.508 e. The molecule has 14 N–H and O–H groups in total. The Morgan fingerprint density at radius 1 is 0.509 bits per heavy atom. The second-order valence-corrected chi connectivity index (χ2v) is 12.9. The number of aliphatic hydroxyl groups is 1. The van der Waals surface area contributed by atoms with Gasteiger partial charge in [-0.25, -0.2) is 4.79 Å². The van der Waals surface area contributed by atoms with Crippen LogP contribution in [0.4, 0.5) is 0 Å². The maximum atomic E-state index is 13.5. The van der Waals surface area contributed by atoms with Crippen molar-refractivity contribution in [3.63, 3.8) is 0 Å². The third-order valence-electron chi connectivity index (χ3n) is 9.35. The van der Waals surface area contributed by atoms with Gasteiger partial charge in [-0.3, -0.25) is 0 Å². The second-order valence-electron chi connectivity index (χ2n) is 12.9. The number of carbonyl (C=O) groups is 1. The first-order valence-electron chi connectivity index (χ1n) is 16.1. The van der Waals surface area contributed by atoms with Crippen LogP contribution in [-0.4, -0.2) is 89.7 Å². The van der Waals surface area contributed by atoms with Gasteiger partial charge >= 0.3 is 5.97 Å². The van der Waals surface area contributed by atoms with Gasteiger partial charge in [0.15, 0.2) is 52.5 Å². The summed E-state index contributed by atoms with van der Waals surface area (Å²) in [6, 6.07) is 7.32. The molecule has 0 aromatic heterocycles. The van der Waals surface area contributed by atoms with Crippen molar-refractivity contribution >= 4 is 5.97 Å². The van der Waals surface area contributed by atoms with Crippen molar-refractivity contribution in [3.8, 4) is 97.4 Å². The first-order chi connectivity index (χ1) is 25.9. The molecule has 2 heterocycles. The number of hydrogen-bond donors (Lipinski definition) is 14. The molecule has 0 unspecified atom stereocenters. The molecule has 286 valence electrons. The fourth-order valence-electron chi connectivity index (χ4n) is 6.77. The van der Waals surface area contributed by atoms with Crippen LogP contribution in [0.3, 0.4) is 0 Å². The van der Waals surface area contributed by atoms with Crippen LogP contribution in [0.5, 0.6) is 86.2 Å². The molecule has 0 fully saturated rings. The predicted molar refractivity (Wildman–Crippen MR) is 182 cm³/mol. The molecule has 2 aliphatic rings. The minimum absolute atomic E-state index is 0.0215. The van der Waals surface area contributed by atoms with E-state index in [4.69, 9.17) is 14.2 Å². The summed E-state index contributed by atoms with van der Waals surface area (Å²) in [6.07, 6.45) is -7.38. The van der Waals surface area contributed by atoms with E-state index in [1.807, 2.05) is 0 Å². The van der Waals surface area contributed by atoms with Crippen molar-refractivity contribution in [1.29, 1.82) is 0 Å². The number of phenols is 13. The molecule has 5 aromatic rings. The summed E-state index contributed by atoms with van der Waals surface area (Å²) in [6.45, 7) is 0. The maximum Gasteiger partial charge on any atom is 0.338 e. The van der Waals surface area contributed by atoms with Crippen molar-refractivity contribution in [2.75, 3.05) is 0 Å². The van der Waals surface area contributed by atoms with Gasteiger partial charge in [-0.1, -0.05) is 0 Å². The SMILES string of the molecule is O=C(O[C@@H]1Cc2c(O)cc(O)cc2O[C@@H]1c1cc(O)c(O)c(O)c1-c1c([C@H]2Oc3cc(O)cc(O)c3C[C@@H]2O)cc(O)c(O)c1O)c1cc(O)c(O)c(O)c1. The summed E-state index contributed by atoms with van der Waals surface area (Å²) >= 11 is 0. The molecular weight excluding hydrogens is 732 g/mol. The molecule has 0 radical (unpaired) electrons. The molecular formula is C37H30O18. The maximum absolute atomic E-state index is 13.5. The van der Waals surface area contributed by atoms with Crippen LogP contribution >= 0.6 is 0 Å². The lowest BCUT2D eigenvalue weighted by Crippen LogP contribution is -2.35. The minimum atomic E-state index is -1.75. The third-order valence-corrected chi connectivity index (χ3v) is 9.35. The van der Waals surface area contributed by atoms with Crippen LogP contribution in [0.15, 0.2) is 48.5 Å². The summed E-state index contributed by atoms with van der Waals surface area (Å²) in [5, 5.41) is 148. The highest BCUT2D eigenvalue weighted by Crippen LogP contribution is 2.57. The lowest BCUT2D eigenvalue weighted by atomic mass is 9.83. The van der Waals surface area contributed by atoms with Crippen LogP contribution in [0.2, 0.25) is 0 Å². The Morgan fingerprint density at radius 3 is 1.45 bits per heavy atom. The highest BCUT2D eigenvalue weighted by atomic mass is 16.6. The van der Waals surface area contributed by atoms with Gasteiger partial charge in [-0.05, 0) is 24.3 Å². The van der Waals surface area contributed by atoms with E-state index in [2.05, 4.69) is 0 Å². The lowest BCUT2D eigenvalue weighted by molar-refractivity contribution is -0.0188. The summed E-state index contributed by atoms with van der Waals surface area (Å²) in [5.74, 6) is -12.9. The quantitative estimate of drug-likeness (QED) is 0.0900. The highest BCUT2D eigenvalue weighted by molar-refractivity contribution is 5.92. The molecule has 0 saturated heterocycles. The Hall–Kier alpha value is -7.47. The Bertz CT molecular complexity index is 2400. The Morgan fingerprint density at radius 2 is 0.945 bits per heavy atom. The Balaban J connectivity index is 1.44. The number of phenolic OH excluding ortho intramolecular Hbond substituents is 13. The van der Waals surface area contributed by atoms with Gasteiger partial charge in [0.25, 0.3) is 0 Å². The smallest absolute Gasteiger partial charge is 0.338 e. The molecule has 4 atom stereocenters. The van der Waals surface area contributed by atoms with E-state index < -0.39 is 134 Å². The van der Waals surface area contributed by atoms with Crippen molar-refractivity contribution in [2.45, 2.75) is 37.3 Å². The fraction of sp³-hybridized carbons (Fsp3) is 0.162. The number of aliphatic hydroxyl groups excluding tert-OH is 1. The molecule has 0 bridgehead atoms. The number of fused-ring (bicyclic) bond motifs is 2. The number of aromatic hydroxyl groups is 13. The molecule has 0 saturated carbocycles. The van der Waals surface area contributed by atoms with Gasteiger partial charge in [-0.15, -0.1) is 0 Å². The first-order valence-corrected chi connectivity index (χ1v) is 16.1. The van der Waals surface area contributed by atoms with E-state index in [0.29, 0.717) is 0 Å². The van der Waals surface area contributed by atoms with E-state index in [-0.39, 0.29) is 34.6 Å². The van der Waals surface area contributed by atoms with E-state index in [9.17, 15) is 76.3 Å². The summed E-state index contributed by atoms with van der Waals surface area (Å²) in [5.41, 5.74) is -2.58. The Labute approximate surface area is 307 Å². The molecule has 18 heteroatoms. The van der Waals surface area contributed by atoms with Gasteiger partial charge in [-0.2, -0.15) is 0 Å². The number of benzene rings is 5. The zero-order valence-electron chi connectivity index (χ0n) is 27.7. The summed E-state index contributed by atoms with van der Waals surface area (Å²) < 4.78 is 17.7. The fourth-order valence-corrected chi connectivity index (χ4v) is 6.77. The standard InChI is InChI=1S/C37H30O18/c38-12-3-18(40)14-7-24(46)35(53-25(14)5-12)16-8-22(44)31(48)33(50)28(16)29-17(9-23(45)32(49)34(29)51)36-27(10-15-19(41)4-13(39)6-26(15)54-36)55-37(52)11-1-20(42)30(47)21(43)2-11/h1-6,8-9,24,27,35-36,38-51H,7,10H2/t24-,27+,35+,36+/m0/s1. The molecule has 0 aliphatic carbocycles. The van der Waals surface area contributed by atoms with Crippen LogP contribution in [0.25, 0.3) is 11.1 Å². The molecule has 7 rings (SSSR count). The molecule has 2 aliphatic heterocycles. The molecule has 18 nitrogen and oxygen atoms in total. The predicted octanol–water partition coefficient (Wildman–Crippen LogP) is 3.47. The number of rotatable bonds is 5. The van der Waals surface area contributed by atoms with Crippen molar-refractivity contribution in [1.82, 2.24) is 0 Å². The van der Waals surface area contributed by atoms with Gasteiger partial charge < -0.3 is 85.7 Å². The van der Waals surface area contributed by atoms with Gasteiger partial charge in [0.1, 0.15) is 40.6 Å². The molecule has 0 amide bonds. The van der Waals surface area contributed by atoms with Gasteiger partial charge in [0.05, 0.1) is 11.7 Å². The Kier molecular flexibility index (Phi) is 8.41. The summed E-state index contributed by atoms with van der Waals surface area (Å²) in [4.78, 5) is 13.5. The van der Waals surface area contributed by atoms with Crippen molar-refractivity contribution < 1.29 is 90.5 Å². The average molecular weight is 763 g/mol. The zero-order valence-corrected chi connectivity index (χ0v) is 27.7. The van der Waals surface area contributed by atoms with Crippen molar-refractivity contribution in [3.05, 3.63) is 76.3 Å².